The summed E-state index contributed by atoms with van der Waals surface area (Å²) in [7, 11) is 0. The summed E-state index contributed by atoms with van der Waals surface area (Å²) in [4.78, 5) is 55.6. The van der Waals surface area contributed by atoms with Crippen molar-refractivity contribution in [3.8, 4) is 12.3 Å². The van der Waals surface area contributed by atoms with E-state index in [4.69, 9.17) is 15.9 Å². The van der Waals surface area contributed by atoms with Gasteiger partial charge in [0.25, 0.3) is 5.91 Å². The van der Waals surface area contributed by atoms with Crippen molar-refractivity contribution in [1.29, 1.82) is 0 Å². The third-order valence-corrected chi connectivity index (χ3v) is 8.94. The van der Waals surface area contributed by atoms with Gasteiger partial charge in [-0.1, -0.05) is 17.3 Å². The van der Waals surface area contributed by atoms with Crippen LogP contribution in [0.25, 0.3) is 10.2 Å². The molecule has 0 fully saturated rings. The summed E-state index contributed by atoms with van der Waals surface area (Å²) in [5, 5.41) is 3.33. The lowest BCUT2D eigenvalue weighted by Crippen LogP contribution is -2.19. The van der Waals surface area contributed by atoms with Crippen molar-refractivity contribution in [3.63, 3.8) is 0 Å². The summed E-state index contributed by atoms with van der Waals surface area (Å²) in [6.07, 6.45) is 8.19. The maximum absolute atomic E-state index is 12.6. The van der Waals surface area contributed by atoms with Crippen molar-refractivity contribution in [1.82, 2.24) is 4.57 Å². The number of benzene rings is 1. The van der Waals surface area contributed by atoms with Gasteiger partial charge in [-0.25, -0.2) is 9.59 Å². The van der Waals surface area contributed by atoms with Crippen molar-refractivity contribution >= 4 is 73.4 Å². The van der Waals surface area contributed by atoms with Crippen molar-refractivity contribution in [2.75, 3.05) is 30.0 Å². The summed E-state index contributed by atoms with van der Waals surface area (Å²) in [5.74, 6) is 0.987. The van der Waals surface area contributed by atoms with E-state index in [1.54, 1.807) is 36.6 Å². The molecule has 204 valence electrons. The lowest BCUT2D eigenvalue weighted by Gasteiger charge is -2.07. The van der Waals surface area contributed by atoms with Gasteiger partial charge in [0.1, 0.15) is 5.00 Å². The first-order valence-corrected chi connectivity index (χ1v) is 15.2. The molecule has 39 heavy (non-hydrogen) atoms. The van der Waals surface area contributed by atoms with E-state index in [-0.39, 0.29) is 37.2 Å². The predicted octanol–water partition coefficient (Wildman–Crippen LogP) is 4.04. The second-order valence-electron chi connectivity index (χ2n) is 8.41. The number of aryl methyl sites for hydroxylation is 1. The van der Waals surface area contributed by atoms with E-state index in [9.17, 15) is 19.2 Å². The first kappa shape index (κ1) is 28.6. The van der Waals surface area contributed by atoms with E-state index in [0.29, 0.717) is 20.9 Å². The number of nitrogens with zero attached hydrogens (tertiary/aromatic N) is 2. The van der Waals surface area contributed by atoms with Gasteiger partial charge < -0.3 is 19.4 Å². The molecule has 0 radical (unpaired) electrons. The lowest BCUT2D eigenvalue weighted by molar-refractivity contribution is -0.115. The molecular weight excluding hydrogens is 559 g/mol. The van der Waals surface area contributed by atoms with E-state index in [1.807, 2.05) is 0 Å². The number of ether oxygens (including phenoxy) is 2. The Kier molecular flexibility index (Phi) is 9.61. The number of esters is 2. The number of carbonyl (C=O) groups is 4. The SMILES string of the molecule is C#CCn1c(=NC(=O)CSCC(=O)Nc2sc3c(c2C(=O)OCC)CCC3)sc2cc(C(=O)OCC)ccc21. The van der Waals surface area contributed by atoms with E-state index in [2.05, 4.69) is 16.2 Å². The van der Waals surface area contributed by atoms with Gasteiger partial charge in [-0.15, -0.1) is 29.5 Å². The van der Waals surface area contributed by atoms with Gasteiger partial charge >= 0.3 is 11.9 Å². The van der Waals surface area contributed by atoms with Crippen LogP contribution in [0.1, 0.15) is 51.4 Å². The fourth-order valence-corrected chi connectivity index (χ4v) is 7.17. The largest absolute Gasteiger partial charge is 0.462 e. The number of thioether (sulfide) groups is 1. The molecule has 0 aliphatic heterocycles. The van der Waals surface area contributed by atoms with E-state index in [1.165, 1.54) is 22.7 Å². The van der Waals surface area contributed by atoms with Crippen LogP contribution in [0.4, 0.5) is 5.00 Å². The van der Waals surface area contributed by atoms with E-state index < -0.39 is 17.8 Å². The Labute approximate surface area is 237 Å². The molecule has 0 bridgehead atoms. The predicted molar refractivity (Wildman–Crippen MR) is 153 cm³/mol. The molecule has 1 N–H and O–H groups in total. The van der Waals surface area contributed by atoms with Crippen LogP contribution in [0.2, 0.25) is 0 Å². The van der Waals surface area contributed by atoms with Crippen LogP contribution < -0.4 is 10.1 Å². The minimum Gasteiger partial charge on any atom is -0.462 e. The second-order valence-corrected chi connectivity index (χ2v) is 11.5. The van der Waals surface area contributed by atoms with Gasteiger partial charge in [-0.05, 0) is 56.9 Å². The number of rotatable bonds is 10. The summed E-state index contributed by atoms with van der Waals surface area (Å²) in [5.41, 5.74) is 2.57. The number of hydrogen-bond acceptors (Lipinski definition) is 9. The zero-order valence-corrected chi connectivity index (χ0v) is 24.0. The number of carbonyl (C=O) groups excluding carboxylic acids is 4. The summed E-state index contributed by atoms with van der Waals surface area (Å²) in [6, 6.07) is 5.09. The van der Waals surface area contributed by atoms with E-state index >= 15 is 0 Å². The first-order chi connectivity index (χ1) is 18.9. The molecule has 0 saturated heterocycles. The molecule has 4 rings (SSSR count). The van der Waals surface area contributed by atoms with Crippen molar-refractivity contribution in [2.45, 2.75) is 39.7 Å². The standard InChI is InChI=1S/C27H27N3O6S3/c1-4-12-30-18-11-10-16(25(33)35-5-2)13-20(18)39-27(30)29-22(32)15-37-14-21(31)28-24-23(26(34)36-6-3)17-8-7-9-19(17)38-24/h1,10-11,13H,5-9,12,14-15H2,2-3H3,(H,28,31). The number of fused-ring (bicyclic) bond motifs is 2. The van der Waals surface area contributed by atoms with Crippen LogP contribution in [0.15, 0.2) is 23.2 Å². The number of amides is 2. The Morgan fingerprint density at radius 1 is 1.10 bits per heavy atom. The average Bonchev–Trinajstić information content (AvgIpc) is 3.57. The van der Waals surface area contributed by atoms with Gasteiger partial charge in [0.2, 0.25) is 5.91 Å². The number of terminal acetylenes is 1. The molecule has 2 heterocycles. The number of nitrogens with one attached hydrogen (secondary N) is 1. The van der Waals surface area contributed by atoms with Crippen LogP contribution in [-0.4, -0.2) is 53.0 Å². The number of thiophene rings is 1. The Morgan fingerprint density at radius 3 is 2.62 bits per heavy atom. The molecule has 1 aromatic carbocycles. The maximum Gasteiger partial charge on any atom is 0.341 e. The molecule has 1 aliphatic carbocycles. The van der Waals surface area contributed by atoms with Crippen molar-refractivity contribution in [2.24, 2.45) is 4.99 Å². The van der Waals surface area contributed by atoms with Crippen LogP contribution in [0, 0.1) is 12.3 Å². The zero-order valence-electron chi connectivity index (χ0n) is 21.5. The van der Waals surface area contributed by atoms with Crippen LogP contribution in [-0.2, 0) is 38.4 Å². The molecule has 0 spiro atoms. The van der Waals surface area contributed by atoms with Gasteiger partial charge in [-0.3, -0.25) is 9.59 Å². The molecule has 2 amide bonds. The van der Waals surface area contributed by atoms with Crippen molar-refractivity contribution < 1.29 is 28.7 Å². The second kappa shape index (κ2) is 13.1. The molecule has 3 aromatic rings. The summed E-state index contributed by atoms with van der Waals surface area (Å²) < 4.78 is 12.7. The Bertz CT molecular complexity index is 1540. The third-order valence-electron chi connectivity index (χ3n) is 5.78. The molecule has 0 unspecified atom stereocenters. The highest BCUT2D eigenvalue weighted by atomic mass is 32.2. The van der Waals surface area contributed by atoms with Crippen LogP contribution in [0.3, 0.4) is 0 Å². The van der Waals surface area contributed by atoms with Gasteiger partial charge in [0.05, 0.1) is 52.6 Å². The van der Waals surface area contributed by atoms with Crippen LogP contribution >= 0.6 is 34.4 Å². The minimum absolute atomic E-state index is 0.0164. The maximum atomic E-state index is 12.6. The summed E-state index contributed by atoms with van der Waals surface area (Å²) in [6.45, 7) is 4.21. The van der Waals surface area contributed by atoms with Crippen LogP contribution in [0.5, 0.6) is 0 Å². The normalized spacial score (nSPS) is 12.7. The number of hydrogen-bond donors (Lipinski definition) is 1. The molecule has 0 atom stereocenters. The highest BCUT2D eigenvalue weighted by Gasteiger charge is 2.28. The van der Waals surface area contributed by atoms with Crippen molar-refractivity contribution in [3.05, 3.63) is 44.6 Å². The molecule has 9 nitrogen and oxygen atoms in total. The molecule has 12 heteroatoms. The fraction of sp³-hybridized carbons (Fsp3) is 0.370. The Hall–Kier alpha value is -3.40. The molecule has 0 saturated carbocycles. The first-order valence-electron chi connectivity index (χ1n) is 12.4. The number of anilines is 1. The van der Waals surface area contributed by atoms with Gasteiger partial charge in [0, 0.05) is 4.88 Å². The summed E-state index contributed by atoms with van der Waals surface area (Å²) >= 11 is 3.78. The van der Waals surface area contributed by atoms with E-state index in [0.717, 1.165) is 51.7 Å². The average molecular weight is 586 g/mol. The highest BCUT2D eigenvalue weighted by Crippen LogP contribution is 2.39. The topological polar surface area (TPSA) is 116 Å². The molecular formula is C27H27N3O6S3. The quantitative estimate of drug-likeness (QED) is 0.282. The molecule has 1 aliphatic rings. The molecule has 2 aromatic heterocycles. The number of thiazole rings is 1. The zero-order chi connectivity index (χ0) is 27.9. The fourth-order valence-electron chi connectivity index (χ4n) is 4.19. The lowest BCUT2D eigenvalue weighted by atomic mass is 10.1. The third kappa shape index (κ3) is 6.61. The smallest absolute Gasteiger partial charge is 0.341 e. The minimum atomic E-state index is -0.429. The number of aromatic nitrogens is 1. The monoisotopic (exact) mass is 585 g/mol. The van der Waals surface area contributed by atoms with Gasteiger partial charge in [0.15, 0.2) is 4.80 Å². The van der Waals surface area contributed by atoms with Gasteiger partial charge in [-0.2, -0.15) is 4.99 Å². The highest BCUT2D eigenvalue weighted by molar-refractivity contribution is 8.00. The Balaban J connectivity index is 1.42. The Morgan fingerprint density at radius 2 is 1.87 bits per heavy atom.